The van der Waals surface area contributed by atoms with Gasteiger partial charge in [0.2, 0.25) is 6.41 Å². The van der Waals surface area contributed by atoms with Crippen molar-refractivity contribution in [2.24, 2.45) is 0 Å². The van der Waals surface area contributed by atoms with Crippen molar-refractivity contribution in [3.8, 4) is 0 Å². The molecule has 1 amide bonds. The van der Waals surface area contributed by atoms with Crippen LogP contribution in [0.3, 0.4) is 0 Å². The average molecular weight is 237 g/mol. The first-order valence-corrected chi connectivity index (χ1v) is 6.27. The topological polar surface area (TPSA) is 20.3 Å². The van der Waals surface area contributed by atoms with E-state index in [1.165, 1.54) is 11.1 Å². The van der Waals surface area contributed by atoms with Gasteiger partial charge in [-0.05, 0) is 35.6 Å². The van der Waals surface area contributed by atoms with Gasteiger partial charge < -0.3 is 4.90 Å². The molecule has 18 heavy (non-hydrogen) atoms. The summed E-state index contributed by atoms with van der Waals surface area (Å²) in [6.07, 6.45) is 11.8. The molecule has 0 aromatic heterocycles. The molecule has 0 spiro atoms. The van der Waals surface area contributed by atoms with Crippen molar-refractivity contribution in [2.75, 3.05) is 11.4 Å². The van der Waals surface area contributed by atoms with Crippen LogP contribution in [0.1, 0.15) is 18.4 Å². The third-order valence-electron chi connectivity index (χ3n) is 3.45. The van der Waals surface area contributed by atoms with Gasteiger partial charge in [0.15, 0.2) is 0 Å². The summed E-state index contributed by atoms with van der Waals surface area (Å²) in [5.41, 5.74) is 4.58. The second-order valence-electron chi connectivity index (χ2n) is 4.59. The fourth-order valence-electron chi connectivity index (χ4n) is 2.51. The number of anilines is 1. The number of hydrogen-bond acceptors (Lipinski definition) is 1. The lowest BCUT2D eigenvalue weighted by Crippen LogP contribution is -2.26. The molecule has 1 aliphatic carbocycles. The van der Waals surface area contributed by atoms with E-state index in [0.29, 0.717) is 6.54 Å². The van der Waals surface area contributed by atoms with E-state index in [0.717, 1.165) is 30.5 Å². The van der Waals surface area contributed by atoms with Gasteiger partial charge in [-0.3, -0.25) is 4.79 Å². The van der Waals surface area contributed by atoms with Crippen LogP contribution in [0.5, 0.6) is 0 Å². The number of hydrogen-bond donors (Lipinski definition) is 0. The Bertz CT molecular complexity index is 566. The highest BCUT2D eigenvalue weighted by Gasteiger charge is 2.16. The van der Waals surface area contributed by atoms with Crippen LogP contribution in [0, 0.1) is 0 Å². The van der Waals surface area contributed by atoms with Crippen LogP contribution in [0.4, 0.5) is 5.69 Å². The predicted molar refractivity (Wildman–Crippen MR) is 74.3 cm³/mol. The summed E-state index contributed by atoms with van der Waals surface area (Å²) in [4.78, 5) is 13.1. The fraction of sp³-hybridized carbons (Fsp3) is 0.188. The minimum Gasteiger partial charge on any atom is -0.310 e. The van der Waals surface area contributed by atoms with E-state index in [1.807, 2.05) is 24.3 Å². The van der Waals surface area contributed by atoms with Gasteiger partial charge in [0, 0.05) is 0 Å². The number of para-hydroxylation sites is 1. The maximum Gasteiger partial charge on any atom is 0.214 e. The molecule has 0 radical (unpaired) electrons. The lowest BCUT2D eigenvalue weighted by atomic mass is 9.94. The van der Waals surface area contributed by atoms with Crippen molar-refractivity contribution >= 4 is 18.2 Å². The molecular weight excluding hydrogens is 222 g/mol. The average Bonchev–Trinajstić information content (AvgIpc) is 2.41. The molecule has 3 rings (SSSR count). The summed E-state index contributed by atoms with van der Waals surface area (Å²) in [6.45, 7) is 0.663. The minimum absolute atomic E-state index is 0.663. The molecule has 0 saturated carbocycles. The molecule has 0 saturated heterocycles. The van der Waals surface area contributed by atoms with Crippen molar-refractivity contribution in [1.29, 1.82) is 0 Å². The Morgan fingerprint density at radius 3 is 2.78 bits per heavy atom. The highest BCUT2D eigenvalue weighted by Crippen LogP contribution is 2.29. The summed E-state index contributed by atoms with van der Waals surface area (Å²) < 4.78 is 0. The Morgan fingerprint density at radius 2 is 1.89 bits per heavy atom. The van der Waals surface area contributed by atoms with Crippen LogP contribution < -0.4 is 4.90 Å². The van der Waals surface area contributed by atoms with Gasteiger partial charge in [-0.25, -0.2) is 0 Å². The van der Waals surface area contributed by atoms with Crippen LogP contribution in [-0.4, -0.2) is 13.0 Å². The number of amides is 1. The largest absolute Gasteiger partial charge is 0.310 e. The van der Waals surface area contributed by atoms with Gasteiger partial charge >= 0.3 is 0 Å². The first-order chi connectivity index (χ1) is 8.88. The first kappa shape index (κ1) is 11.0. The van der Waals surface area contributed by atoms with Crippen molar-refractivity contribution in [1.82, 2.24) is 0 Å². The number of nitrogens with zero attached hydrogens (tertiary/aromatic N) is 1. The molecular formula is C16H15NO. The van der Waals surface area contributed by atoms with Gasteiger partial charge in [-0.15, -0.1) is 0 Å². The quantitative estimate of drug-likeness (QED) is 0.686. The molecule has 1 aromatic rings. The summed E-state index contributed by atoms with van der Waals surface area (Å²) in [6, 6.07) is 8.00. The molecule has 0 atom stereocenters. The van der Waals surface area contributed by atoms with Crippen molar-refractivity contribution in [3.63, 3.8) is 0 Å². The lowest BCUT2D eigenvalue weighted by molar-refractivity contribution is -0.107. The van der Waals surface area contributed by atoms with E-state index in [2.05, 4.69) is 24.3 Å². The maximum absolute atomic E-state index is 11.3. The Kier molecular flexibility index (Phi) is 2.85. The lowest BCUT2D eigenvalue weighted by Gasteiger charge is -2.25. The first-order valence-electron chi connectivity index (χ1n) is 6.27. The molecule has 0 bridgehead atoms. The number of carbonyl (C=O) groups excluding carboxylic acids is 1. The predicted octanol–water partition coefficient (Wildman–Crippen LogP) is 3.32. The van der Waals surface area contributed by atoms with Gasteiger partial charge in [0.25, 0.3) is 0 Å². The monoisotopic (exact) mass is 237 g/mol. The van der Waals surface area contributed by atoms with E-state index in [9.17, 15) is 4.79 Å². The zero-order valence-electron chi connectivity index (χ0n) is 10.2. The van der Waals surface area contributed by atoms with Gasteiger partial charge in [0.05, 0.1) is 12.2 Å². The summed E-state index contributed by atoms with van der Waals surface area (Å²) in [7, 11) is 0. The Hall–Kier alpha value is -2.09. The number of rotatable bonds is 1. The van der Waals surface area contributed by atoms with E-state index < -0.39 is 0 Å². The Labute approximate surface area is 107 Å². The zero-order valence-corrected chi connectivity index (χ0v) is 10.2. The van der Waals surface area contributed by atoms with Gasteiger partial charge in [0.1, 0.15) is 0 Å². The van der Waals surface area contributed by atoms with Gasteiger partial charge in [-0.2, -0.15) is 0 Å². The molecule has 0 N–H and O–H groups in total. The summed E-state index contributed by atoms with van der Waals surface area (Å²) in [5, 5.41) is 0. The fourth-order valence-corrected chi connectivity index (χ4v) is 2.51. The molecule has 0 unspecified atom stereocenters. The number of carbonyl (C=O) groups is 1. The standard InChI is InChI=1S/C16H15NO/c18-12-17-11-15-7-2-1-5-13(15)9-10-14-6-3-4-8-16(14)17/h3-10,12H,1-2,11H2/b10-9-. The third-order valence-corrected chi connectivity index (χ3v) is 3.45. The number of fused-ring (bicyclic) bond motifs is 2. The molecule has 2 heteroatoms. The smallest absolute Gasteiger partial charge is 0.214 e. The van der Waals surface area contributed by atoms with Crippen LogP contribution in [0.25, 0.3) is 6.08 Å². The number of benzene rings is 1. The molecule has 2 aliphatic rings. The Balaban J connectivity index is 2.12. The zero-order chi connectivity index (χ0) is 12.4. The van der Waals surface area contributed by atoms with E-state index in [4.69, 9.17) is 0 Å². The maximum atomic E-state index is 11.3. The van der Waals surface area contributed by atoms with Crippen LogP contribution in [0.2, 0.25) is 0 Å². The van der Waals surface area contributed by atoms with E-state index in [1.54, 1.807) is 4.90 Å². The number of allylic oxidation sites excluding steroid dienone is 3. The van der Waals surface area contributed by atoms with Crippen LogP contribution in [-0.2, 0) is 4.79 Å². The SMILES string of the molecule is O=CN1CC2=CCCC=C2/C=C\c2ccccc21. The second-order valence-corrected chi connectivity index (χ2v) is 4.59. The summed E-state index contributed by atoms with van der Waals surface area (Å²) in [5.74, 6) is 0. The molecule has 1 heterocycles. The van der Waals surface area contributed by atoms with E-state index in [-0.39, 0.29) is 0 Å². The van der Waals surface area contributed by atoms with E-state index >= 15 is 0 Å². The normalized spacial score (nSPS) is 19.7. The van der Waals surface area contributed by atoms with Crippen molar-refractivity contribution in [3.05, 3.63) is 59.2 Å². The highest BCUT2D eigenvalue weighted by molar-refractivity contribution is 5.84. The molecule has 2 nitrogen and oxygen atoms in total. The van der Waals surface area contributed by atoms with Crippen LogP contribution in [0.15, 0.2) is 53.6 Å². The molecule has 90 valence electrons. The Morgan fingerprint density at radius 1 is 1.06 bits per heavy atom. The minimum atomic E-state index is 0.663. The highest BCUT2D eigenvalue weighted by atomic mass is 16.1. The van der Waals surface area contributed by atoms with Crippen LogP contribution >= 0.6 is 0 Å². The third kappa shape index (κ3) is 1.90. The second kappa shape index (κ2) is 4.65. The summed E-state index contributed by atoms with van der Waals surface area (Å²) >= 11 is 0. The van der Waals surface area contributed by atoms with Gasteiger partial charge in [-0.1, -0.05) is 42.5 Å². The molecule has 0 fully saturated rings. The molecule has 1 aliphatic heterocycles. The van der Waals surface area contributed by atoms with Crippen molar-refractivity contribution in [2.45, 2.75) is 12.8 Å². The van der Waals surface area contributed by atoms with Crippen molar-refractivity contribution < 1.29 is 4.79 Å². The molecule has 1 aromatic carbocycles.